The molecule has 3 N–H and O–H groups in total. The summed E-state index contributed by atoms with van der Waals surface area (Å²) in [6.07, 6.45) is 51.7. The van der Waals surface area contributed by atoms with Crippen LogP contribution in [-0.4, -0.2) is 89.2 Å². The second-order valence-corrected chi connectivity index (χ2v) is 20.2. The number of hydrogen-bond acceptors (Lipinski definition) is 11. The van der Waals surface area contributed by atoms with Gasteiger partial charge in [-0.2, -0.15) is 0 Å². The van der Waals surface area contributed by atoms with E-state index in [-0.39, 0.29) is 25.9 Å². The molecule has 1 saturated heterocycles. The fraction of sp³-hybridized carbons (Fsp3) is 0.746. The maximum absolute atomic E-state index is 13.1. The lowest BCUT2D eigenvalue weighted by Gasteiger charge is -2.40. The predicted molar refractivity (Wildman–Crippen MR) is 303 cm³/mol. The van der Waals surface area contributed by atoms with E-state index in [1.165, 1.54) is 96.3 Å². The molecule has 0 spiro atoms. The van der Waals surface area contributed by atoms with Crippen molar-refractivity contribution >= 4 is 23.9 Å². The molecule has 75 heavy (non-hydrogen) atoms. The summed E-state index contributed by atoms with van der Waals surface area (Å²) >= 11 is 0. The van der Waals surface area contributed by atoms with Gasteiger partial charge in [0.25, 0.3) is 0 Å². The largest absolute Gasteiger partial charge is 0.479 e. The van der Waals surface area contributed by atoms with Crippen molar-refractivity contribution in [2.24, 2.45) is 0 Å². The first-order valence-electron chi connectivity index (χ1n) is 29.9. The van der Waals surface area contributed by atoms with Crippen LogP contribution in [0.15, 0.2) is 72.9 Å². The van der Waals surface area contributed by atoms with E-state index in [2.05, 4.69) is 93.7 Å². The molecule has 0 amide bonds. The van der Waals surface area contributed by atoms with Crippen LogP contribution >= 0.6 is 0 Å². The van der Waals surface area contributed by atoms with Crippen LogP contribution < -0.4 is 0 Å². The summed E-state index contributed by atoms with van der Waals surface area (Å²) in [7, 11) is 0. The molecule has 0 aliphatic carbocycles. The predicted octanol–water partition coefficient (Wildman–Crippen LogP) is 15.3. The van der Waals surface area contributed by atoms with Crippen molar-refractivity contribution in [3.63, 3.8) is 0 Å². The molecule has 1 rings (SSSR count). The summed E-state index contributed by atoms with van der Waals surface area (Å²) < 4.78 is 28.4. The van der Waals surface area contributed by atoms with Crippen LogP contribution in [0.3, 0.4) is 0 Å². The first kappa shape index (κ1) is 69.2. The monoisotopic (exact) mass is 1050 g/mol. The van der Waals surface area contributed by atoms with Gasteiger partial charge in [-0.3, -0.25) is 14.4 Å². The van der Waals surface area contributed by atoms with Crippen LogP contribution in [0.25, 0.3) is 0 Å². The summed E-state index contributed by atoms with van der Waals surface area (Å²) in [5.41, 5.74) is 0. The Morgan fingerprint density at radius 1 is 0.453 bits per heavy atom. The number of carboxylic acid groups (broad SMARTS) is 1. The summed E-state index contributed by atoms with van der Waals surface area (Å²) in [5, 5.41) is 31.4. The number of aliphatic hydroxyl groups excluding tert-OH is 2. The van der Waals surface area contributed by atoms with Crippen molar-refractivity contribution in [1.82, 2.24) is 0 Å². The molecule has 0 bridgehead atoms. The van der Waals surface area contributed by atoms with Crippen LogP contribution in [0.1, 0.15) is 252 Å². The number of allylic oxidation sites excluding steroid dienone is 12. The van der Waals surface area contributed by atoms with Crippen molar-refractivity contribution in [3.05, 3.63) is 72.9 Å². The van der Waals surface area contributed by atoms with Gasteiger partial charge in [0, 0.05) is 19.3 Å². The molecule has 0 aromatic carbocycles. The molecule has 0 aromatic rings. The molecule has 0 saturated carbocycles. The Hall–Kier alpha value is -3.84. The average Bonchev–Trinajstić information content (AvgIpc) is 3.39. The quantitative estimate of drug-likeness (QED) is 0.0228. The third-order valence-electron chi connectivity index (χ3n) is 13.2. The Morgan fingerprint density at radius 2 is 0.853 bits per heavy atom. The third-order valence-corrected chi connectivity index (χ3v) is 13.2. The number of carbonyl (C=O) groups is 4. The maximum atomic E-state index is 13.1. The van der Waals surface area contributed by atoms with Gasteiger partial charge in [0.05, 0.1) is 6.61 Å². The molecule has 12 heteroatoms. The lowest BCUT2D eigenvalue weighted by Crippen LogP contribution is -2.61. The fourth-order valence-corrected chi connectivity index (χ4v) is 8.63. The number of unbranched alkanes of at least 4 members (excludes halogenated alkanes) is 24. The minimum Gasteiger partial charge on any atom is -0.479 e. The molecular formula is C63H106O12. The van der Waals surface area contributed by atoms with E-state index in [1.807, 2.05) is 0 Å². The van der Waals surface area contributed by atoms with Crippen molar-refractivity contribution in [2.45, 2.75) is 289 Å². The normalized spacial score (nSPS) is 18.7. The van der Waals surface area contributed by atoms with E-state index in [9.17, 15) is 34.5 Å². The molecule has 1 heterocycles. The molecule has 6 unspecified atom stereocenters. The fourth-order valence-electron chi connectivity index (χ4n) is 8.63. The summed E-state index contributed by atoms with van der Waals surface area (Å²) in [6.45, 7) is 5.81. The lowest BCUT2D eigenvalue weighted by molar-refractivity contribution is -0.301. The third kappa shape index (κ3) is 41.0. The smallest absolute Gasteiger partial charge is 0.335 e. The Morgan fingerprint density at radius 3 is 1.36 bits per heavy atom. The first-order chi connectivity index (χ1) is 36.6. The van der Waals surface area contributed by atoms with Crippen LogP contribution in [0.5, 0.6) is 0 Å². The van der Waals surface area contributed by atoms with Gasteiger partial charge in [-0.15, -0.1) is 0 Å². The Bertz CT molecular complexity index is 1580. The van der Waals surface area contributed by atoms with Gasteiger partial charge in [0.1, 0.15) is 18.8 Å². The molecule has 12 nitrogen and oxygen atoms in total. The van der Waals surface area contributed by atoms with Gasteiger partial charge in [-0.05, 0) is 103 Å². The second-order valence-electron chi connectivity index (χ2n) is 20.2. The molecular weight excluding hydrogens is 949 g/mol. The highest BCUT2D eigenvalue weighted by Gasteiger charge is 2.50. The minimum absolute atomic E-state index is 0.00583. The number of aliphatic hydroxyl groups is 2. The van der Waals surface area contributed by atoms with Gasteiger partial charge < -0.3 is 39.0 Å². The number of ether oxygens (including phenoxy) is 5. The van der Waals surface area contributed by atoms with E-state index in [4.69, 9.17) is 23.7 Å². The van der Waals surface area contributed by atoms with E-state index >= 15 is 0 Å². The van der Waals surface area contributed by atoms with E-state index in [0.717, 1.165) is 89.9 Å². The minimum atomic E-state index is -1.92. The summed E-state index contributed by atoms with van der Waals surface area (Å²) in [5.74, 6) is -3.19. The van der Waals surface area contributed by atoms with Crippen LogP contribution in [-0.2, 0) is 42.9 Å². The summed E-state index contributed by atoms with van der Waals surface area (Å²) in [4.78, 5) is 51.1. The Labute approximate surface area is 455 Å². The maximum Gasteiger partial charge on any atom is 0.335 e. The zero-order chi connectivity index (χ0) is 54.7. The standard InChI is InChI=1S/C63H106O12/c1-4-7-10-13-16-19-22-24-26-27-28-29-31-32-35-37-40-43-46-49-55(64)71-52-54(73-56(65)50-47-44-41-38-34-21-18-15-12-9-6-3)53-72-63-61(59(68)58(67)60(75-63)62(69)70)74-57(66)51-48-45-42-39-36-33-30-25-23-20-17-14-11-8-5-2/h8,11,15,17-18,20,24-26,30,36,39,54,58-61,63,67-68H,4-7,9-10,12-14,16,19,21-23,27-29,31-35,37-38,40-53H2,1-3H3,(H,69,70)/b11-8-,18-15-,20-17-,26-24-,30-25-,39-36-. The molecule has 0 radical (unpaired) electrons. The van der Waals surface area contributed by atoms with Gasteiger partial charge in [-0.25, -0.2) is 4.79 Å². The van der Waals surface area contributed by atoms with E-state index in [0.29, 0.717) is 25.7 Å². The Balaban J connectivity index is 2.67. The zero-order valence-electron chi connectivity index (χ0n) is 47.3. The first-order valence-corrected chi connectivity index (χ1v) is 29.9. The number of hydrogen-bond donors (Lipinski definition) is 3. The van der Waals surface area contributed by atoms with Crippen LogP contribution in [0.4, 0.5) is 0 Å². The van der Waals surface area contributed by atoms with Crippen LogP contribution in [0.2, 0.25) is 0 Å². The van der Waals surface area contributed by atoms with E-state index < -0.39 is 67.3 Å². The molecule has 1 aliphatic heterocycles. The zero-order valence-corrected chi connectivity index (χ0v) is 47.3. The van der Waals surface area contributed by atoms with E-state index in [1.54, 1.807) is 0 Å². The highest BCUT2D eigenvalue weighted by Crippen LogP contribution is 2.26. The highest BCUT2D eigenvalue weighted by atomic mass is 16.7. The van der Waals surface area contributed by atoms with Crippen molar-refractivity contribution in [2.75, 3.05) is 13.2 Å². The topological polar surface area (TPSA) is 175 Å². The summed E-state index contributed by atoms with van der Waals surface area (Å²) in [6, 6.07) is 0. The van der Waals surface area contributed by atoms with Crippen LogP contribution in [0, 0.1) is 0 Å². The lowest BCUT2D eigenvalue weighted by atomic mass is 9.98. The molecule has 430 valence electrons. The Kier molecular flexibility index (Phi) is 47.0. The molecule has 1 aliphatic rings. The number of aliphatic carboxylic acids is 1. The number of rotatable bonds is 50. The molecule has 1 fully saturated rings. The second kappa shape index (κ2) is 50.9. The molecule has 0 aromatic heterocycles. The average molecular weight is 1060 g/mol. The van der Waals surface area contributed by atoms with Gasteiger partial charge >= 0.3 is 23.9 Å². The van der Waals surface area contributed by atoms with Crippen molar-refractivity contribution < 1.29 is 58.2 Å². The van der Waals surface area contributed by atoms with Gasteiger partial charge in [-0.1, -0.05) is 203 Å². The SMILES string of the molecule is CC/C=C\C/C=C\C/C=C\C/C=C\CCCCC(=O)OC1C(OCC(COC(=O)CCCCCCCCCCC/C=C\CCCCCCCC)OC(=O)CCCCCCC/C=C\CCCC)OC(C(=O)O)C(O)C1O. The number of esters is 3. The molecule has 6 atom stereocenters. The number of carboxylic acids is 1. The van der Waals surface area contributed by atoms with Crippen molar-refractivity contribution in [3.8, 4) is 0 Å². The van der Waals surface area contributed by atoms with Gasteiger partial charge in [0.2, 0.25) is 0 Å². The number of carbonyl (C=O) groups excluding carboxylic acids is 3. The van der Waals surface area contributed by atoms with Crippen molar-refractivity contribution in [1.29, 1.82) is 0 Å². The highest BCUT2D eigenvalue weighted by molar-refractivity contribution is 5.74. The van der Waals surface area contributed by atoms with Gasteiger partial charge in [0.15, 0.2) is 24.6 Å².